The second-order valence-electron chi connectivity index (χ2n) is 6.57. The third-order valence-corrected chi connectivity index (χ3v) is 5.13. The lowest BCUT2D eigenvalue weighted by atomic mass is 9.79. The molecule has 122 valence electrons. The van der Waals surface area contributed by atoms with Crippen molar-refractivity contribution in [2.75, 3.05) is 0 Å². The molecule has 0 aliphatic heterocycles. The molecule has 3 aromatic carbocycles. The molecule has 0 bridgehead atoms. The Bertz CT molecular complexity index is 1010. The van der Waals surface area contributed by atoms with Crippen LogP contribution in [0.3, 0.4) is 0 Å². The van der Waals surface area contributed by atoms with Crippen LogP contribution in [0.1, 0.15) is 54.1 Å². The fourth-order valence-corrected chi connectivity index (χ4v) is 3.61. The van der Waals surface area contributed by atoms with Gasteiger partial charge in [-0.05, 0) is 48.6 Å². The zero-order valence-electron chi connectivity index (χ0n) is 14.3. The number of fused-ring (bicyclic) bond motifs is 2. The number of rotatable bonds is 2. The first kappa shape index (κ1) is 15.5. The Morgan fingerprint density at radius 2 is 1.28 bits per heavy atom. The highest BCUT2D eigenvalue weighted by atomic mass is 16.1. The van der Waals surface area contributed by atoms with Crippen LogP contribution in [0.15, 0.2) is 60.7 Å². The minimum Gasteiger partial charge on any atom is -0.289 e. The maximum atomic E-state index is 13.0. The molecule has 2 nitrogen and oxygen atoms in total. The molecule has 0 aromatic heterocycles. The molecule has 0 saturated heterocycles. The van der Waals surface area contributed by atoms with Gasteiger partial charge in [0.2, 0.25) is 0 Å². The molecule has 0 radical (unpaired) electrons. The number of carbonyl (C=O) groups excluding carboxylic acids is 2. The van der Waals surface area contributed by atoms with Gasteiger partial charge in [-0.15, -0.1) is 0 Å². The van der Waals surface area contributed by atoms with E-state index in [1.165, 1.54) is 5.56 Å². The maximum Gasteiger partial charge on any atom is 0.194 e. The molecule has 0 spiro atoms. The van der Waals surface area contributed by atoms with Crippen LogP contribution in [-0.4, -0.2) is 11.6 Å². The molecule has 0 heterocycles. The summed E-state index contributed by atoms with van der Waals surface area (Å²) in [4.78, 5) is 25.9. The summed E-state index contributed by atoms with van der Waals surface area (Å²) in [5.41, 5.74) is 6.42. The monoisotopic (exact) mass is 326 g/mol. The number of hydrogen-bond donors (Lipinski definition) is 0. The summed E-state index contributed by atoms with van der Waals surface area (Å²) in [6.45, 7) is 3.98. The molecule has 4 rings (SSSR count). The van der Waals surface area contributed by atoms with E-state index in [2.05, 4.69) is 12.1 Å². The molecule has 0 amide bonds. The molecule has 0 saturated carbocycles. The SMILES string of the molecule is Cc1c(Cc2ccccc2)cc2c(c1C)C(=O)c1ccccc1C2=O. The minimum absolute atomic E-state index is 0.0444. The first-order valence-corrected chi connectivity index (χ1v) is 8.43. The predicted octanol–water partition coefficient (Wildman–Crippen LogP) is 4.67. The first-order chi connectivity index (χ1) is 12.1. The molecule has 0 N–H and O–H groups in total. The van der Waals surface area contributed by atoms with Gasteiger partial charge in [-0.1, -0.05) is 54.6 Å². The normalized spacial score (nSPS) is 12.7. The van der Waals surface area contributed by atoms with Gasteiger partial charge in [-0.2, -0.15) is 0 Å². The molecule has 2 heteroatoms. The molecule has 1 aliphatic carbocycles. The lowest BCUT2D eigenvalue weighted by Gasteiger charge is -2.22. The Labute approximate surface area is 147 Å². The summed E-state index contributed by atoms with van der Waals surface area (Å²) >= 11 is 0. The molecule has 0 atom stereocenters. The first-order valence-electron chi connectivity index (χ1n) is 8.43. The Hall–Kier alpha value is -3.00. The summed E-state index contributed by atoms with van der Waals surface area (Å²) in [6, 6.07) is 19.2. The van der Waals surface area contributed by atoms with E-state index in [1.807, 2.05) is 38.1 Å². The summed E-state index contributed by atoms with van der Waals surface area (Å²) < 4.78 is 0. The number of hydrogen-bond acceptors (Lipinski definition) is 2. The summed E-state index contributed by atoms with van der Waals surface area (Å²) in [6.07, 6.45) is 0.754. The van der Waals surface area contributed by atoms with E-state index in [9.17, 15) is 9.59 Å². The number of ketones is 2. The largest absolute Gasteiger partial charge is 0.289 e. The van der Waals surface area contributed by atoms with Crippen LogP contribution in [-0.2, 0) is 6.42 Å². The van der Waals surface area contributed by atoms with Crippen LogP contribution in [0.2, 0.25) is 0 Å². The highest BCUT2D eigenvalue weighted by molar-refractivity contribution is 6.29. The molecule has 1 aliphatic rings. The van der Waals surface area contributed by atoms with E-state index in [0.29, 0.717) is 22.3 Å². The van der Waals surface area contributed by atoms with Crippen molar-refractivity contribution in [2.24, 2.45) is 0 Å². The summed E-state index contributed by atoms with van der Waals surface area (Å²) in [5.74, 6) is -0.0975. The second-order valence-corrected chi connectivity index (χ2v) is 6.57. The highest BCUT2D eigenvalue weighted by Crippen LogP contribution is 2.33. The van der Waals surface area contributed by atoms with E-state index >= 15 is 0 Å². The van der Waals surface area contributed by atoms with Crippen molar-refractivity contribution in [3.63, 3.8) is 0 Å². The van der Waals surface area contributed by atoms with Gasteiger partial charge in [0, 0.05) is 22.3 Å². The van der Waals surface area contributed by atoms with Crippen LogP contribution >= 0.6 is 0 Å². The minimum atomic E-state index is -0.0531. The zero-order valence-corrected chi connectivity index (χ0v) is 14.3. The average Bonchev–Trinajstić information content (AvgIpc) is 2.64. The Morgan fingerprint density at radius 1 is 0.680 bits per heavy atom. The Balaban J connectivity index is 1.89. The standard InChI is InChI=1S/C23H18O2/c1-14-15(2)21-20(13-17(14)12-16-8-4-3-5-9-16)22(24)18-10-6-7-11-19(18)23(21)25/h3-11,13H,12H2,1-2H3. The molecule has 3 aromatic rings. The third kappa shape index (κ3) is 2.42. The fourth-order valence-electron chi connectivity index (χ4n) is 3.61. The van der Waals surface area contributed by atoms with Crippen LogP contribution in [0.4, 0.5) is 0 Å². The van der Waals surface area contributed by atoms with Gasteiger partial charge in [0.15, 0.2) is 11.6 Å². The van der Waals surface area contributed by atoms with Crippen molar-refractivity contribution in [3.05, 3.63) is 105 Å². The van der Waals surface area contributed by atoms with Crippen LogP contribution < -0.4 is 0 Å². The van der Waals surface area contributed by atoms with Crippen molar-refractivity contribution in [2.45, 2.75) is 20.3 Å². The summed E-state index contributed by atoms with van der Waals surface area (Å²) in [7, 11) is 0. The van der Waals surface area contributed by atoms with Crippen molar-refractivity contribution in [1.82, 2.24) is 0 Å². The second kappa shape index (κ2) is 5.82. The van der Waals surface area contributed by atoms with Crippen molar-refractivity contribution >= 4 is 11.6 Å². The highest BCUT2D eigenvalue weighted by Gasteiger charge is 2.31. The average molecular weight is 326 g/mol. The van der Waals surface area contributed by atoms with Gasteiger partial charge >= 0.3 is 0 Å². The molecular weight excluding hydrogens is 308 g/mol. The fraction of sp³-hybridized carbons (Fsp3) is 0.130. The van der Waals surface area contributed by atoms with Crippen molar-refractivity contribution in [1.29, 1.82) is 0 Å². The topological polar surface area (TPSA) is 34.1 Å². The van der Waals surface area contributed by atoms with E-state index < -0.39 is 0 Å². The predicted molar refractivity (Wildman–Crippen MR) is 98.5 cm³/mol. The van der Waals surface area contributed by atoms with Gasteiger partial charge in [0.1, 0.15) is 0 Å². The Morgan fingerprint density at radius 3 is 1.96 bits per heavy atom. The quantitative estimate of drug-likeness (QED) is 0.536. The Kier molecular flexibility index (Phi) is 3.61. The van der Waals surface area contributed by atoms with Crippen molar-refractivity contribution < 1.29 is 9.59 Å². The lowest BCUT2D eigenvalue weighted by molar-refractivity contribution is 0.0978. The maximum absolute atomic E-state index is 13.0. The van der Waals surface area contributed by atoms with Crippen molar-refractivity contribution in [3.8, 4) is 0 Å². The van der Waals surface area contributed by atoms with Gasteiger partial charge in [0.05, 0.1) is 0 Å². The molecule has 25 heavy (non-hydrogen) atoms. The van der Waals surface area contributed by atoms with E-state index in [4.69, 9.17) is 0 Å². The van der Waals surface area contributed by atoms with E-state index in [1.54, 1.807) is 24.3 Å². The van der Waals surface area contributed by atoms with Crippen LogP contribution in [0.25, 0.3) is 0 Å². The number of carbonyl (C=O) groups is 2. The van der Waals surface area contributed by atoms with Gasteiger partial charge in [0.25, 0.3) is 0 Å². The van der Waals surface area contributed by atoms with Crippen LogP contribution in [0.5, 0.6) is 0 Å². The van der Waals surface area contributed by atoms with Gasteiger partial charge in [-0.25, -0.2) is 0 Å². The lowest BCUT2D eigenvalue weighted by Crippen LogP contribution is -2.23. The summed E-state index contributed by atoms with van der Waals surface area (Å²) in [5, 5.41) is 0. The van der Waals surface area contributed by atoms with E-state index in [0.717, 1.165) is 23.1 Å². The smallest absolute Gasteiger partial charge is 0.194 e. The zero-order chi connectivity index (χ0) is 17.6. The van der Waals surface area contributed by atoms with Crippen LogP contribution in [0, 0.1) is 13.8 Å². The van der Waals surface area contributed by atoms with Gasteiger partial charge in [-0.3, -0.25) is 9.59 Å². The number of benzene rings is 3. The molecular formula is C23H18O2. The molecule has 0 fully saturated rings. The molecule has 0 unspecified atom stereocenters. The third-order valence-electron chi connectivity index (χ3n) is 5.13. The van der Waals surface area contributed by atoms with Gasteiger partial charge < -0.3 is 0 Å². The van der Waals surface area contributed by atoms with E-state index in [-0.39, 0.29) is 11.6 Å².